The fourth-order valence-corrected chi connectivity index (χ4v) is 3.45. The molecule has 4 heterocycles. The lowest BCUT2D eigenvalue weighted by Crippen LogP contribution is -2.32. The van der Waals surface area contributed by atoms with Crippen molar-refractivity contribution in [2.75, 3.05) is 13.1 Å². The SMILES string of the molecule is Cc1ccc2nc(CN3CCC(c4nc(C(C)C)no4)CC3)cn2c1. The van der Waals surface area contributed by atoms with Gasteiger partial charge in [-0.15, -0.1) is 0 Å². The van der Waals surface area contributed by atoms with Gasteiger partial charge in [0.2, 0.25) is 5.89 Å². The minimum absolute atomic E-state index is 0.316. The van der Waals surface area contributed by atoms with Crippen LogP contribution in [0.25, 0.3) is 5.65 Å². The molecule has 0 unspecified atom stereocenters. The molecule has 0 saturated carbocycles. The normalized spacial score (nSPS) is 17.0. The van der Waals surface area contributed by atoms with Crippen molar-refractivity contribution in [3.8, 4) is 0 Å². The smallest absolute Gasteiger partial charge is 0.229 e. The van der Waals surface area contributed by atoms with E-state index < -0.39 is 0 Å². The standard InChI is InChI=1S/C19H25N5O/c1-13(2)18-21-19(25-22-18)15-6-8-23(9-7-15)11-16-12-24-10-14(3)4-5-17(24)20-16/h4-5,10,12-13,15H,6-9,11H2,1-3H3. The highest BCUT2D eigenvalue weighted by atomic mass is 16.5. The van der Waals surface area contributed by atoms with Gasteiger partial charge in [-0.3, -0.25) is 4.90 Å². The molecular weight excluding hydrogens is 314 g/mol. The lowest BCUT2D eigenvalue weighted by atomic mass is 9.96. The highest BCUT2D eigenvalue weighted by Gasteiger charge is 2.26. The fraction of sp³-hybridized carbons (Fsp3) is 0.526. The number of hydrogen-bond acceptors (Lipinski definition) is 5. The van der Waals surface area contributed by atoms with Crippen LogP contribution < -0.4 is 0 Å². The number of imidazole rings is 1. The number of aryl methyl sites for hydroxylation is 1. The predicted molar refractivity (Wildman–Crippen MR) is 95.6 cm³/mol. The third-order valence-corrected chi connectivity index (χ3v) is 4.95. The first-order chi connectivity index (χ1) is 12.1. The summed E-state index contributed by atoms with van der Waals surface area (Å²) >= 11 is 0. The molecule has 1 aliphatic heterocycles. The topological polar surface area (TPSA) is 59.5 Å². The molecule has 0 bridgehead atoms. The molecule has 6 nitrogen and oxygen atoms in total. The van der Waals surface area contributed by atoms with Crippen LogP contribution in [-0.4, -0.2) is 37.5 Å². The summed E-state index contributed by atoms with van der Waals surface area (Å²) in [5.41, 5.74) is 3.39. The van der Waals surface area contributed by atoms with Crippen LogP contribution >= 0.6 is 0 Å². The van der Waals surface area contributed by atoms with E-state index in [1.807, 2.05) is 0 Å². The molecule has 0 atom stereocenters. The quantitative estimate of drug-likeness (QED) is 0.728. The molecule has 0 amide bonds. The highest BCUT2D eigenvalue weighted by Crippen LogP contribution is 2.28. The van der Waals surface area contributed by atoms with Crippen molar-refractivity contribution in [2.45, 2.75) is 52.0 Å². The summed E-state index contributed by atoms with van der Waals surface area (Å²) in [7, 11) is 0. The minimum Gasteiger partial charge on any atom is -0.339 e. The minimum atomic E-state index is 0.316. The Morgan fingerprint density at radius 3 is 2.68 bits per heavy atom. The Bertz CT molecular complexity index is 858. The second kappa shape index (κ2) is 6.59. The molecule has 6 heteroatoms. The summed E-state index contributed by atoms with van der Waals surface area (Å²) in [6.07, 6.45) is 6.39. The zero-order valence-electron chi connectivity index (χ0n) is 15.1. The Balaban J connectivity index is 1.37. The van der Waals surface area contributed by atoms with Gasteiger partial charge in [-0.1, -0.05) is 25.1 Å². The van der Waals surface area contributed by atoms with Gasteiger partial charge in [-0.2, -0.15) is 4.98 Å². The highest BCUT2D eigenvalue weighted by molar-refractivity contribution is 5.41. The van der Waals surface area contributed by atoms with Crippen LogP contribution in [0.1, 0.15) is 61.5 Å². The van der Waals surface area contributed by atoms with Crippen molar-refractivity contribution in [2.24, 2.45) is 0 Å². The van der Waals surface area contributed by atoms with Crippen molar-refractivity contribution < 1.29 is 4.52 Å². The van der Waals surface area contributed by atoms with Crippen molar-refractivity contribution in [3.05, 3.63) is 47.5 Å². The van der Waals surface area contributed by atoms with Gasteiger partial charge in [0.1, 0.15) is 5.65 Å². The van der Waals surface area contributed by atoms with Crippen LogP contribution in [0.4, 0.5) is 0 Å². The molecule has 0 aliphatic carbocycles. The lowest BCUT2D eigenvalue weighted by molar-refractivity contribution is 0.186. The number of pyridine rings is 1. The predicted octanol–water partition coefficient (Wildman–Crippen LogP) is 3.53. The number of fused-ring (bicyclic) bond motifs is 1. The molecule has 1 aliphatic rings. The summed E-state index contributed by atoms with van der Waals surface area (Å²) < 4.78 is 7.59. The Labute approximate surface area is 147 Å². The summed E-state index contributed by atoms with van der Waals surface area (Å²) in [5, 5.41) is 4.10. The first-order valence-electron chi connectivity index (χ1n) is 9.08. The Kier molecular flexibility index (Phi) is 4.29. The summed E-state index contributed by atoms with van der Waals surface area (Å²) in [5.74, 6) is 2.33. The van der Waals surface area contributed by atoms with E-state index in [0.29, 0.717) is 11.8 Å². The van der Waals surface area contributed by atoms with Gasteiger partial charge < -0.3 is 8.92 Å². The van der Waals surface area contributed by atoms with Gasteiger partial charge in [0.05, 0.1) is 5.69 Å². The van der Waals surface area contributed by atoms with E-state index in [2.05, 4.69) is 64.7 Å². The molecule has 1 fully saturated rings. The van der Waals surface area contributed by atoms with E-state index in [0.717, 1.165) is 55.5 Å². The number of nitrogens with zero attached hydrogens (tertiary/aromatic N) is 5. The monoisotopic (exact) mass is 339 g/mol. The molecule has 3 aromatic heterocycles. The number of rotatable bonds is 4. The van der Waals surface area contributed by atoms with Crippen LogP contribution in [0.15, 0.2) is 29.0 Å². The maximum atomic E-state index is 5.47. The number of likely N-dealkylation sites (tertiary alicyclic amines) is 1. The molecule has 0 radical (unpaired) electrons. The lowest BCUT2D eigenvalue weighted by Gasteiger charge is -2.29. The second-order valence-corrected chi connectivity index (χ2v) is 7.40. The Hall–Kier alpha value is -2.21. The van der Waals surface area contributed by atoms with E-state index in [9.17, 15) is 0 Å². The van der Waals surface area contributed by atoms with Crippen molar-refractivity contribution >= 4 is 5.65 Å². The fourth-order valence-electron chi connectivity index (χ4n) is 3.45. The van der Waals surface area contributed by atoms with Crippen LogP contribution in [0, 0.1) is 6.92 Å². The molecule has 0 N–H and O–H groups in total. The maximum Gasteiger partial charge on any atom is 0.229 e. The summed E-state index contributed by atoms with van der Waals surface area (Å²) in [4.78, 5) is 11.8. The van der Waals surface area contributed by atoms with Gasteiger partial charge in [0, 0.05) is 30.8 Å². The largest absolute Gasteiger partial charge is 0.339 e. The number of hydrogen-bond donors (Lipinski definition) is 0. The van der Waals surface area contributed by atoms with Crippen LogP contribution in [0.3, 0.4) is 0 Å². The van der Waals surface area contributed by atoms with E-state index in [-0.39, 0.29) is 0 Å². The summed E-state index contributed by atoms with van der Waals surface area (Å²) in [6.45, 7) is 9.26. The third-order valence-electron chi connectivity index (χ3n) is 4.95. The Morgan fingerprint density at radius 1 is 1.16 bits per heavy atom. The number of piperidine rings is 1. The first-order valence-corrected chi connectivity index (χ1v) is 9.08. The maximum absolute atomic E-state index is 5.47. The Morgan fingerprint density at radius 2 is 1.96 bits per heavy atom. The van der Waals surface area contributed by atoms with Gasteiger partial charge in [-0.25, -0.2) is 4.98 Å². The molecule has 25 heavy (non-hydrogen) atoms. The molecule has 1 saturated heterocycles. The van der Waals surface area contributed by atoms with E-state index >= 15 is 0 Å². The van der Waals surface area contributed by atoms with Crippen molar-refractivity contribution in [1.29, 1.82) is 0 Å². The van der Waals surface area contributed by atoms with E-state index in [4.69, 9.17) is 9.51 Å². The zero-order valence-corrected chi connectivity index (χ0v) is 15.1. The van der Waals surface area contributed by atoms with E-state index in [1.54, 1.807) is 0 Å². The molecule has 0 aromatic carbocycles. The van der Waals surface area contributed by atoms with Crippen LogP contribution in [0.5, 0.6) is 0 Å². The van der Waals surface area contributed by atoms with Crippen LogP contribution in [-0.2, 0) is 6.54 Å². The zero-order chi connectivity index (χ0) is 17.4. The average molecular weight is 339 g/mol. The van der Waals surface area contributed by atoms with E-state index in [1.165, 1.54) is 5.56 Å². The van der Waals surface area contributed by atoms with Crippen molar-refractivity contribution in [1.82, 2.24) is 24.4 Å². The summed E-state index contributed by atoms with van der Waals surface area (Å²) in [6, 6.07) is 4.18. The molecule has 4 rings (SSSR count). The first kappa shape index (κ1) is 16.3. The van der Waals surface area contributed by atoms with Gasteiger partial charge in [0.15, 0.2) is 5.82 Å². The average Bonchev–Trinajstić information content (AvgIpc) is 3.22. The molecule has 3 aromatic rings. The van der Waals surface area contributed by atoms with Gasteiger partial charge in [-0.05, 0) is 44.5 Å². The number of aromatic nitrogens is 4. The molecular formula is C19H25N5O. The second-order valence-electron chi connectivity index (χ2n) is 7.40. The molecule has 132 valence electrons. The third kappa shape index (κ3) is 3.44. The van der Waals surface area contributed by atoms with Gasteiger partial charge >= 0.3 is 0 Å². The molecule has 0 spiro atoms. The van der Waals surface area contributed by atoms with Crippen LogP contribution in [0.2, 0.25) is 0 Å². The van der Waals surface area contributed by atoms with Gasteiger partial charge in [0.25, 0.3) is 0 Å². The van der Waals surface area contributed by atoms with Crippen molar-refractivity contribution in [3.63, 3.8) is 0 Å².